The van der Waals surface area contributed by atoms with Crippen molar-refractivity contribution in [1.82, 2.24) is 9.62 Å². The monoisotopic (exact) mass is 184 g/mol. The van der Waals surface area contributed by atoms with Crippen LogP contribution in [0.3, 0.4) is 0 Å². The Balaban J connectivity index is 1.69. The Bertz CT molecular complexity index is 131. The third-order valence-corrected chi connectivity index (χ3v) is 2.61. The Morgan fingerprint density at radius 3 is 1.46 bits per heavy atom. The summed E-state index contributed by atoms with van der Waals surface area (Å²) < 4.78 is 10.6. The van der Waals surface area contributed by atoms with Crippen molar-refractivity contribution in [1.29, 1.82) is 0 Å². The molecule has 13 heavy (non-hydrogen) atoms. The molecule has 2 aliphatic heterocycles. The molecule has 0 saturated carbocycles. The molecule has 2 saturated heterocycles. The van der Waals surface area contributed by atoms with Crippen molar-refractivity contribution in [2.75, 3.05) is 52.6 Å². The lowest BCUT2D eigenvalue weighted by molar-refractivity contribution is 0.0531. The van der Waals surface area contributed by atoms with E-state index in [1.807, 2.05) is 0 Å². The summed E-state index contributed by atoms with van der Waals surface area (Å²) in [5.41, 5.74) is 0. The minimum Gasteiger partial charge on any atom is -0.379 e. The van der Waals surface area contributed by atoms with Crippen molar-refractivity contribution in [2.45, 2.75) is 0 Å². The summed E-state index contributed by atoms with van der Waals surface area (Å²) in [5.74, 6) is 0. The number of rotatable bonds is 2. The van der Waals surface area contributed by atoms with Crippen LogP contribution in [0.4, 0.5) is 0 Å². The Morgan fingerprint density at radius 1 is 0.692 bits per heavy atom. The molecule has 0 spiro atoms. The molecule has 2 fully saturated rings. The third-order valence-electron chi connectivity index (χ3n) is 2.61. The number of ether oxygens (including phenoxy) is 2. The second-order valence-corrected chi connectivity index (χ2v) is 3.60. The molecule has 0 N–H and O–H groups in total. The molecule has 0 aromatic rings. The van der Waals surface area contributed by atoms with Crippen LogP contribution in [0.5, 0.6) is 0 Å². The van der Waals surface area contributed by atoms with Crippen molar-refractivity contribution in [3.05, 3.63) is 0 Å². The quantitative estimate of drug-likeness (QED) is 0.509. The highest BCUT2D eigenvalue weighted by Crippen LogP contribution is 2.00. The van der Waals surface area contributed by atoms with Gasteiger partial charge in [0.1, 0.15) is 0 Å². The van der Waals surface area contributed by atoms with Gasteiger partial charge in [0.25, 0.3) is 7.55 Å². The van der Waals surface area contributed by atoms with E-state index in [4.69, 9.17) is 9.47 Å². The molecule has 74 valence electrons. The van der Waals surface area contributed by atoms with Gasteiger partial charge >= 0.3 is 0 Å². The molecule has 0 aromatic carbocycles. The molecule has 2 rings (SSSR count). The molecule has 2 aliphatic rings. The maximum Gasteiger partial charge on any atom is 0.292 e. The molecule has 0 atom stereocenters. The normalized spacial score (nSPS) is 27.4. The SMILES string of the molecule is B(N1CCOCC1)N1CCOCC1. The molecule has 0 aliphatic carbocycles. The van der Waals surface area contributed by atoms with Gasteiger partial charge in [-0.15, -0.1) is 0 Å². The molecule has 0 aromatic heterocycles. The lowest BCUT2D eigenvalue weighted by Crippen LogP contribution is -2.50. The van der Waals surface area contributed by atoms with Crippen molar-refractivity contribution < 1.29 is 9.47 Å². The highest BCUT2D eigenvalue weighted by Gasteiger charge is 2.18. The van der Waals surface area contributed by atoms with E-state index in [1.54, 1.807) is 0 Å². The number of morpholine rings is 2. The molecule has 0 amide bonds. The van der Waals surface area contributed by atoms with Crippen LogP contribution in [-0.2, 0) is 9.47 Å². The van der Waals surface area contributed by atoms with E-state index in [0.717, 1.165) is 60.2 Å². The first-order valence-corrected chi connectivity index (χ1v) is 5.05. The molecule has 0 radical (unpaired) electrons. The standard InChI is InChI=1S/C8H17BN2O2/c1-5-12-6-2-10(1)9-11-3-7-13-8-4-11/h9H,1-8H2. The third kappa shape index (κ3) is 2.95. The van der Waals surface area contributed by atoms with Gasteiger partial charge in [0.15, 0.2) is 0 Å². The lowest BCUT2D eigenvalue weighted by Gasteiger charge is -2.33. The van der Waals surface area contributed by atoms with Gasteiger partial charge in [-0.05, 0) is 0 Å². The fraction of sp³-hybridized carbons (Fsp3) is 1.00. The summed E-state index contributed by atoms with van der Waals surface area (Å²) in [6, 6.07) is 0. The van der Waals surface area contributed by atoms with Crippen molar-refractivity contribution in [2.24, 2.45) is 0 Å². The minimum atomic E-state index is 0.893. The molecular weight excluding hydrogens is 167 g/mol. The van der Waals surface area contributed by atoms with Crippen molar-refractivity contribution in [3.8, 4) is 0 Å². The van der Waals surface area contributed by atoms with Gasteiger partial charge in [-0.25, -0.2) is 0 Å². The summed E-state index contributed by atoms with van der Waals surface area (Å²) in [7, 11) is 1.09. The summed E-state index contributed by atoms with van der Waals surface area (Å²) in [4.78, 5) is 4.91. The number of nitrogens with zero attached hydrogens (tertiary/aromatic N) is 2. The fourth-order valence-electron chi connectivity index (χ4n) is 1.77. The van der Waals surface area contributed by atoms with Gasteiger partial charge in [0.2, 0.25) is 0 Å². The van der Waals surface area contributed by atoms with Crippen LogP contribution >= 0.6 is 0 Å². The maximum atomic E-state index is 5.30. The molecule has 0 bridgehead atoms. The molecule has 5 heteroatoms. The summed E-state index contributed by atoms with van der Waals surface area (Å²) >= 11 is 0. The van der Waals surface area contributed by atoms with Crippen LogP contribution in [-0.4, -0.2) is 69.8 Å². The Kier molecular flexibility index (Phi) is 3.60. The zero-order valence-corrected chi connectivity index (χ0v) is 8.07. The van der Waals surface area contributed by atoms with E-state index in [2.05, 4.69) is 9.62 Å². The van der Waals surface area contributed by atoms with Crippen molar-refractivity contribution >= 4 is 7.55 Å². The van der Waals surface area contributed by atoms with Crippen LogP contribution in [0.15, 0.2) is 0 Å². The predicted molar refractivity (Wildman–Crippen MR) is 51.9 cm³/mol. The summed E-state index contributed by atoms with van der Waals surface area (Å²) in [6.45, 7) is 7.90. The van der Waals surface area contributed by atoms with Gasteiger partial charge < -0.3 is 19.1 Å². The van der Waals surface area contributed by atoms with E-state index in [-0.39, 0.29) is 0 Å². The van der Waals surface area contributed by atoms with Gasteiger partial charge in [0.05, 0.1) is 26.4 Å². The first-order valence-electron chi connectivity index (χ1n) is 5.05. The fourth-order valence-corrected chi connectivity index (χ4v) is 1.77. The van der Waals surface area contributed by atoms with E-state index in [0.29, 0.717) is 0 Å². The van der Waals surface area contributed by atoms with E-state index < -0.39 is 0 Å². The number of hydrogen-bond donors (Lipinski definition) is 0. The summed E-state index contributed by atoms with van der Waals surface area (Å²) in [6.07, 6.45) is 0. The topological polar surface area (TPSA) is 24.9 Å². The smallest absolute Gasteiger partial charge is 0.292 e. The average Bonchev–Trinajstić information content (AvgIpc) is 2.21. The first kappa shape index (κ1) is 9.46. The maximum absolute atomic E-state index is 5.30. The molecule has 0 unspecified atom stereocenters. The Labute approximate surface area is 80.1 Å². The highest BCUT2D eigenvalue weighted by molar-refractivity contribution is 6.28. The second-order valence-electron chi connectivity index (χ2n) is 3.60. The van der Waals surface area contributed by atoms with Crippen molar-refractivity contribution in [3.63, 3.8) is 0 Å². The minimum absolute atomic E-state index is 0.893. The molecular formula is C8H17BN2O2. The Hall–Kier alpha value is -0.0951. The van der Waals surface area contributed by atoms with Crippen LogP contribution in [0.2, 0.25) is 0 Å². The van der Waals surface area contributed by atoms with Gasteiger partial charge in [-0.1, -0.05) is 0 Å². The zero-order chi connectivity index (χ0) is 8.93. The highest BCUT2D eigenvalue weighted by atomic mass is 16.5. The first-order chi connectivity index (χ1) is 6.45. The van der Waals surface area contributed by atoms with Crippen LogP contribution < -0.4 is 0 Å². The second kappa shape index (κ2) is 4.95. The zero-order valence-electron chi connectivity index (χ0n) is 8.07. The van der Waals surface area contributed by atoms with Gasteiger partial charge in [-0.3, -0.25) is 0 Å². The van der Waals surface area contributed by atoms with E-state index in [1.165, 1.54) is 0 Å². The van der Waals surface area contributed by atoms with E-state index in [9.17, 15) is 0 Å². The Morgan fingerprint density at radius 2 is 1.08 bits per heavy atom. The van der Waals surface area contributed by atoms with Gasteiger partial charge in [0, 0.05) is 26.2 Å². The lowest BCUT2D eigenvalue weighted by atomic mass is 10.0. The largest absolute Gasteiger partial charge is 0.379 e. The van der Waals surface area contributed by atoms with E-state index >= 15 is 0 Å². The van der Waals surface area contributed by atoms with Gasteiger partial charge in [-0.2, -0.15) is 0 Å². The van der Waals surface area contributed by atoms with Crippen LogP contribution in [0.25, 0.3) is 0 Å². The molecule has 4 nitrogen and oxygen atoms in total. The van der Waals surface area contributed by atoms with Crippen LogP contribution in [0.1, 0.15) is 0 Å². The number of hydrogen-bond acceptors (Lipinski definition) is 4. The molecule has 2 heterocycles. The predicted octanol–water partition coefficient (Wildman–Crippen LogP) is -1.08. The summed E-state index contributed by atoms with van der Waals surface area (Å²) in [5, 5.41) is 0. The average molecular weight is 184 g/mol. The van der Waals surface area contributed by atoms with Crippen LogP contribution in [0, 0.1) is 0 Å².